The highest BCUT2D eigenvalue weighted by atomic mass is 32.2. The van der Waals surface area contributed by atoms with E-state index < -0.39 is 10.0 Å². The molecule has 0 aliphatic carbocycles. The number of nitrogens with zero attached hydrogens (tertiary/aromatic N) is 2. The molecule has 166 valence electrons. The number of hydrogen-bond donors (Lipinski definition) is 1. The van der Waals surface area contributed by atoms with E-state index >= 15 is 0 Å². The van der Waals surface area contributed by atoms with E-state index in [0.717, 1.165) is 67.2 Å². The molecule has 0 bridgehead atoms. The summed E-state index contributed by atoms with van der Waals surface area (Å²) in [5, 5.41) is 0. The molecule has 0 saturated carbocycles. The molecule has 1 N–H and O–H groups in total. The molecular weight excluding hydrogens is 434 g/mol. The molecule has 0 spiro atoms. The van der Waals surface area contributed by atoms with Crippen molar-refractivity contribution in [1.82, 2.24) is 14.2 Å². The number of hydrogen-bond acceptors (Lipinski definition) is 6. The molecule has 1 aliphatic heterocycles. The lowest BCUT2D eigenvalue weighted by Crippen LogP contribution is -2.35. The zero-order valence-corrected chi connectivity index (χ0v) is 19.2. The average Bonchev–Trinajstić information content (AvgIpc) is 3.08. The lowest BCUT2D eigenvalue weighted by atomic mass is 10.1. The fourth-order valence-corrected chi connectivity index (χ4v) is 5.84. The maximum Gasteiger partial charge on any atom is 0.308 e. The van der Waals surface area contributed by atoms with Crippen molar-refractivity contribution in [3.63, 3.8) is 0 Å². The van der Waals surface area contributed by atoms with Gasteiger partial charge < -0.3 is 4.74 Å². The summed E-state index contributed by atoms with van der Waals surface area (Å²) >= 11 is 1.08. The van der Waals surface area contributed by atoms with Crippen LogP contribution in [0.25, 0.3) is 10.2 Å². The minimum atomic E-state index is -3.69. The first-order valence-electron chi connectivity index (χ1n) is 10.5. The molecule has 31 heavy (non-hydrogen) atoms. The van der Waals surface area contributed by atoms with E-state index in [1.807, 2.05) is 25.1 Å². The highest BCUT2D eigenvalue weighted by Crippen LogP contribution is 2.22. The van der Waals surface area contributed by atoms with Crippen molar-refractivity contribution in [2.24, 2.45) is 0 Å². The van der Waals surface area contributed by atoms with Gasteiger partial charge in [0.2, 0.25) is 10.0 Å². The summed E-state index contributed by atoms with van der Waals surface area (Å²) in [6, 6.07) is 12.9. The first-order valence-corrected chi connectivity index (χ1v) is 12.8. The zero-order valence-electron chi connectivity index (χ0n) is 17.5. The van der Waals surface area contributed by atoms with Gasteiger partial charge in [-0.2, -0.15) is 0 Å². The van der Waals surface area contributed by atoms with Gasteiger partial charge in [0, 0.05) is 32.7 Å². The molecule has 1 fully saturated rings. The van der Waals surface area contributed by atoms with Gasteiger partial charge in [-0.25, -0.2) is 13.1 Å². The second-order valence-corrected chi connectivity index (χ2v) is 10.4. The lowest BCUT2D eigenvalue weighted by Gasteiger charge is -2.26. The number of morpholine rings is 1. The van der Waals surface area contributed by atoms with Gasteiger partial charge in [0.25, 0.3) is 0 Å². The minimum Gasteiger partial charge on any atom is -0.379 e. The molecule has 0 amide bonds. The molecular formula is C22H27N3O4S2. The van der Waals surface area contributed by atoms with Gasteiger partial charge in [-0.1, -0.05) is 42.5 Å². The first kappa shape index (κ1) is 22.2. The van der Waals surface area contributed by atoms with E-state index in [1.54, 1.807) is 22.8 Å². The van der Waals surface area contributed by atoms with Gasteiger partial charge in [0.15, 0.2) is 0 Å². The normalized spacial score (nSPS) is 15.5. The van der Waals surface area contributed by atoms with Crippen LogP contribution in [0.15, 0.2) is 52.2 Å². The summed E-state index contributed by atoms with van der Waals surface area (Å²) in [6.07, 6.45) is 0.845. The minimum absolute atomic E-state index is 0.0589. The Labute approximate surface area is 186 Å². The highest BCUT2D eigenvalue weighted by Gasteiger charge is 2.17. The predicted octanol–water partition coefficient (Wildman–Crippen LogP) is 2.78. The van der Waals surface area contributed by atoms with E-state index in [-0.39, 0.29) is 16.3 Å². The largest absolute Gasteiger partial charge is 0.379 e. The lowest BCUT2D eigenvalue weighted by molar-refractivity contribution is 0.0342. The van der Waals surface area contributed by atoms with Crippen molar-refractivity contribution in [1.29, 1.82) is 0 Å². The van der Waals surface area contributed by atoms with E-state index in [9.17, 15) is 13.2 Å². The number of ether oxygens (including phenoxy) is 1. The Bertz CT molecular complexity index is 1210. The smallest absolute Gasteiger partial charge is 0.308 e. The standard InChI is InChI=1S/C22H27N3O4S2/c1-2-8-25-20-7-6-19(14-21(20)30-22(25)26)31(27,28)23-15-17-4-3-5-18(13-17)16-24-9-11-29-12-10-24/h3-7,13-14,23H,2,8-12,15-16H2,1H3. The molecule has 1 aromatic heterocycles. The molecule has 2 heterocycles. The van der Waals surface area contributed by atoms with Crippen molar-refractivity contribution >= 4 is 31.6 Å². The van der Waals surface area contributed by atoms with Gasteiger partial charge in [0.05, 0.1) is 28.3 Å². The van der Waals surface area contributed by atoms with Crippen LogP contribution in [0.4, 0.5) is 0 Å². The fourth-order valence-electron chi connectivity index (χ4n) is 3.77. The van der Waals surface area contributed by atoms with Gasteiger partial charge in [-0.3, -0.25) is 14.3 Å². The molecule has 0 unspecified atom stereocenters. The molecule has 7 nitrogen and oxygen atoms in total. The van der Waals surface area contributed by atoms with Crippen LogP contribution in [0.1, 0.15) is 24.5 Å². The van der Waals surface area contributed by atoms with Crippen molar-refractivity contribution < 1.29 is 13.2 Å². The Hall–Kier alpha value is -2.04. The van der Waals surface area contributed by atoms with Crippen LogP contribution in [0.3, 0.4) is 0 Å². The Balaban J connectivity index is 1.46. The quantitative estimate of drug-likeness (QED) is 0.558. The van der Waals surface area contributed by atoms with Crippen molar-refractivity contribution in [2.75, 3.05) is 26.3 Å². The van der Waals surface area contributed by atoms with Crippen molar-refractivity contribution in [3.05, 3.63) is 63.3 Å². The number of sulfonamides is 1. The van der Waals surface area contributed by atoms with Crippen LogP contribution < -0.4 is 9.60 Å². The molecule has 0 atom stereocenters. The summed E-state index contributed by atoms with van der Waals surface area (Å²) in [5.74, 6) is 0. The summed E-state index contributed by atoms with van der Waals surface area (Å²) in [4.78, 5) is 14.6. The van der Waals surface area contributed by atoms with E-state index in [2.05, 4.69) is 15.7 Å². The van der Waals surface area contributed by atoms with Crippen LogP contribution in [0, 0.1) is 0 Å². The third-order valence-corrected chi connectivity index (χ3v) is 7.71. The number of benzene rings is 2. The maximum absolute atomic E-state index is 12.9. The summed E-state index contributed by atoms with van der Waals surface area (Å²) in [5.41, 5.74) is 2.85. The number of aryl methyl sites for hydroxylation is 1. The molecule has 1 aliphatic rings. The third kappa shape index (κ3) is 5.24. The van der Waals surface area contributed by atoms with Crippen molar-refractivity contribution in [2.45, 2.75) is 37.9 Å². The fraction of sp³-hybridized carbons (Fsp3) is 0.409. The SMILES string of the molecule is CCCn1c(=O)sc2cc(S(=O)(=O)NCc3cccc(CN4CCOCC4)c3)ccc21. The Kier molecular flexibility index (Phi) is 6.88. The van der Waals surface area contributed by atoms with Gasteiger partial charge in [0.1, 0.15) is 0 Å². The second kappa shape index (κ2) is 9.62. The Morgan fingerprint density at radius 2 is 1.87 bits per heavy atom. The average molecular weight is 462 g/mol. The summed E-state index contributed by atoms with van der Waals surface area (Å²) in [7, 11) is -3.69. The molecule has 1 saturated heterocycles. The van der Waals surface area contributed by atoms with Crippen LogP contribution in [0.5, 0.6) is 0 Å². The van der Waals surface area contributed by atoms with Gasteiger partial charge in [-0.15, -0.1) is 0 Å². The van der Waals surface area contributed by atoms with Crippen molar-refractivity contribution in [3.8, 4) is 0 Å². The number of nitrogens with one attached hydrogen (secondary N) is 1. The zero-order chi connectivity index (χ0) is 21.8. The third-order valence-electron chi connectivity index (χ3n) is 5.36. The van der Waals surface area contributed by atoms with Gasteiger partial charge >= 0.3 is 4.87 Å². The van der Waals surface area contributed by atoms with E-state index in [1.165, 1.54) is 0 Å². The summed E-state index contributed by atoms with van der Waals surface area (Å²) in [6.45, 7) is 6.99. The number of rotatable bonds is 8. The van der Waals surface area contributed by atoms with Crippen LogP contribution in [-0.4, -0.2) is 44.2 Å². The topological polar surface area (TPSA) is 80.6 Å². The number of fused-ring (bicyclic) bond motifs is 1. The predicted molar refractivity (Wildman–Crippen MR) is 123 cm³/mol. The van der Waals surface area contributed by atoms with Crippen LogP contribution in [-0.2, 0) is 34.4 Å². The molecule has 0 radical (unpaired) electrons. The van der Waals surface area contributed by atoms with Crippen LogP contribution in [0.2, 0.25) is 0 Å². The molecule has 9 heteroatoms. The Morgan fingerprint density at radius 1 is 1.10 bits per heavy atom. The molecule has 2 aromatic carbocycles. The first-order chi connectivity index (χ1) is 15.0. The maximum atomic E-state index is 12.9. The summed E-state index contributed by atoms with van der Waals surface area (Å²) < 4.78 is 36.2. The van der Waals surface area contributed by atoms with E-state index in [4.69, 9.17) is 4.74 Å². The molecule has 4 rings (SSSR count). The molecule has 3 aromatic rings. The number of aromatic nitrogens is 1. The Morgan fingerprint density at radius 3 is 2.65 bits per heavy atom. The van der Waals surface area contributed by atoms with E-state index in [0.29, 0.717) is 11.2 Å². The number of thiazole rings is 1. The second-order valence-electron chi connectivity index (χ2n) is 7.68. The monoisotopic (exact) mass is 461 g/mol. The van der Waals surface area contributed by atoms with Crippen LogP contribution >= 0.6 is 11.3 Å². The van der Waals surface area contributed by atoms with Gasteiger partial charge in [-0.05, 0) is 35.7 Å². The highest BCUT2D eigenvalue weighted by molar-refractivity contribution is 7.89.